The zero-order valence-electron chi connectivity index (χ0n) is 18.6. The van der Waals surface area contributed by atoms with Crippen LogP contribution in [0.15, 0.2) is 18.5 Å². The second-order valence-corrected chi connectivity index (χ2v) is 9.35. The van der Waals surface area contributed by atoms with Crippen LogP contribution in [0.5, 0.6) is 0 Å². The average molecular weight is 442 g/mol. The van der Waals surface area contributed by atoms with Crippen molar-refractivity contribution < 1.29 is 19.1 Å². The van der Waals surface area contributed by atoms with Crippen LogP contribution in [-0.2, 0) is 19.1 Å². The Morgan fingerprint density at radius 3 is 2.50 bits per heavy atom. The fraction of sp³-hybridized carbons (Fsp3) is 0.696. The number of nitrogens with zero attached hydrogens (tertiary/aromatic N) is 5. The van der Waals surface area contributed by atoms with Gasteiger partial charge in [0.15, 0.2) is 0 Å². The molecule has 2 aliphatic heterocycles. The standard InChI is InChI=1S/C23H31N5O4/c1-2-32-23-6-5-16(17(29)15-23)18-19(23)21(31)28(20(18)30)10-4-9-26-11-13-27(14-12-26)22-24-7-3-8-25-22/h3,7-8,16,18-19H,2,4-6,9-15H2,1H3/t16-,18-,19+,23-/m1/s1. The smallest absolute Gasteiger partial charge is 0.236 e. The van der Waals surface area contributed by atoms with Crippen LogP contribution in [0.3, 0.4) is 0 Å². The second-order valence-electron chi connectivity index (χ2n) is 9.35. The zero-order valence-corrected chi connectivity index (χ0v) is 18.6. The molecule has 4 atom stereocenters. The van der Waals surface area contributed by atoms with Crippen LogP contribution >= 0.6 is 0 Å². The number of fused-ring (bicyclic) bond motifs is 2. The highest BCUT2D eigenvalue weighted by Gasteiger charge is 2.67. The number of anilines is 1. The predicted molar refractivity (Wildman–Crippen MR) is 116 cm³/mol. The van der Waals surface area contributed by atoms with Crippen molar-refractivity contribution in [2.75, 3.05) is 50.8 Å². The van der Waals surface area contributed by atoms with E-state index in [1.807, 2.05) is 13.0 Å². The lowest BCUT2D eigenvalue weighted by atomic mass is 9.56. The highest BCUT2D eigenvalue weighted by Crippen LogP contribution is 2.55. The van der Waals surface area contributed by atoms with Crippen LogP contribution in [0.2, 0.25) is 0 Å². The number of carbonyl (C=O) groups excluding carboxylic acids is 3. The molecule has 5 aliphatic rings. The molecule has 2 amide bonds. The van der Waals surface area contributed by atoms with E-state index >= 15 is 0 Å². The Balaban J connectivity index is 1.17. The van der Waals surface area contributed by atoms with E-state index in [-0.39, 0.29) is 29.9 Å². The van der Waals surface area contributed by atoms with Gasteiger partial charge in [0.2, 0.25) is 17.8 Å². The van der Waals surface area contributed by atoms with E-state index < -0.39 is 17.4 Å². The summed E-state index contributed by atoms with van der Waals surface area (Å²) >= 11 is 0. The molecule has 9 nitrogen and oxygen atoms in total. The summed E-state index contributed by atoms with van der Waals surface area (Å²) in [6, 6.07) is 1.81. The molecule has 0 unspecified atom stereocenters. The Morgan fingerprint density at radius 1 is 1.06 bits per heavy atom. The molecule has 3 heterocycles. The van der Waals surface area contributed by atoms with Gasteiger partial charge in [-0.2, -0.15) is 0 Å². The fourth-order valence-corrected chi connectivity index (χ4v) is 6.23. The van der Waals surface area contributed by atoms with Crippen molar-refractivity contribution in [2.45, 2.75) is 38.2 Å². The third-order valence-corrected chi connectivity index (χ3v) is 7.70. The number of amides is 2. The molecule has 0 spiro atoms. The van der Waals surface area contributed by atoms with Crippen LogP contribution in [0, 0.1) is 17.8 Å². The number of Topliss-reactive ketones (excluding diaryl/α,β-unsaturated/α-hetero) is 1. The molecule has 5 fully saturated rings. The summed E-state index contributed by atoms with van der Waals surface area (Å²) in [7, 11) is 0. The molecule has 0 N–H and O–H groups in total. The van der Waals surface area contributed by atoms with E-state index in [0.717, 1.165) is 45.1 Å². The Bertz CT molecular complexity index is 884. The van der Waals surface area contributed by atoms with E-state index in [9.17, 15) is 14.4 Å². The van der Waals surface area contributed by atoms with E-state index in [1.54, 1.807) is 12.4 Å². The predicted octanol–water partition coefficient (Wildman–Crippen LogP) is 0.748. The van der Waals surface area contributed by atoms with Gasteiger partial charge in [0.1, 0.15) is 5.78 Å². The van der Waals surface area contributed by atoms with Crippen LogP contribution in [-0.4, -0.2) is 88.8 Å². The molecule has 32 heavy (non-hydrogen) atoms. The summed E-state index contributed by atoms with van der Waals surface area (Å²) < 4.78 is 6.01. The molecule has 1 aromatic rings. The number of rotatable bonds is 7. The number of ether oxygens (including phenoxy) is 1. The monoisotopic (exact) mass is 441 g/mol. The van der Waals surface area contributed by atoms with Crippen molar-refractivity contribution in [3.05, 3.63) is 18.5 Å². The minimum Gasteiger partial charge on any atom is -0.374 e. The number of hydrogen-bond acceptors (Lipinski definition) is 8. The first-order valence-corrected chi connectivity index (χ1v) is 11.8. The number of likely N-dealkylation sites (tertiary alicyclic amines) is 1. The molecule has 0 aromatic carbocycles. The first-order valence-electron chi connectivity index (χ1n) is 11.8. The van der Waals surface area contributed by atoms with Crippen LogP contribution in [0.25, 0.3) is 0 Å². The van der Waals surface area contributed by atoms with Gasteiger partial charge < -0.3 is 9.64 Å². The normalized spacial score (nSPS) is 32.7. The minimum atomic E-state index is -0.775. The highest BCUT2D eigenvalue weighted by molar-refractivity contribution is 6.09. The molecule has 2 saturated heterocycles. The van der Waals surface area contributed by atoms with Crippen molar-refractivity contribution in [3.63, 3.8) is 0 Å². The number of ketones is 1. The molecule has 3 saturated carbocycles. The molecule has 0 radical (unpaired) electrons. The molecular weight excluding hydrogens is 410 g/mol. The first kappa shape index (κ1) is 21.5. The summed E-state index contributed by atoms with van der Waals surface area (Å²) in [6.45, 7) is 7.09. The third kappa shape index (κ3) is 3.51. The fourth-order valence-electron chi connectivity index (χ4n) is 6.23. The van der Waals surface area contributed by atoms with Gasteiger partial charge in [0.05, 0.1) is 17.4 Å². The van der Waals surface area contributed by atoms with E-state index in [2.05, 4.69) is 19.8 Å². The maximum Gasteiger partial charge on any atom is 0.236 e. The van der Waals surface area contributed by atoms with Gasteiger partial charge in [-0.05, 0) is 38.8 Å². The van der Waals surface area contributed by atoms with Crippen LogP contribution in [0.1, 0.15) is 32.6 Å². The third-order valence-electron chi connectivity index (χ3n) is 7.70. The SMILES string of the molecule is CCO[C@]12CC[C@H](C(=O)C1)[C@H]1C(=O)N(CCCN3CCN(c4ncccn4)CC3)C(=O)[C@H]12. The van der Waals surface area contributed by atoms with Gasteiger partial charge in [0.25, 0.3) is 0 Å². The molecule has 172 valence electrons. The van der Waals surface area contributed by atoms with Crippen LogP contribution in [0.4, 0.5) is 5.95 Å². The topological polar surface area (TPSA) is 95.9 Å². The van der Waals surface area contributed by atoms with Crippen LogP contribution < -0.4 is 4.90 Å². The van der Waals surface area contributed by atoms with E-state index in [4.69, 9.17) is 4.74 Å². The molecular formula is C23H31N5O4. The minimum absolute atomic E-state index is 0.0919. The lowest BCUT2D eigenvalue weighted by molar-refractivity contribution is -0.180. The maximum absolute atomic E-state index is 13.3. The van der Waals surface area contributed by atoms with Gasteiger partial charge in [0, 0.05) is 64.1 Å². The maximum atomic E-state index is 13.3. The quantitative estimate of drug-likeness (QED) is 0.572. The Morgan fingerprint density at radius 2 is 1.81 bits per heavy atom. The van der Waals surface area contributed by atoms with Gasteiger partial charge >= 0.3 is 0 Å². The number of aromatic nitrogens is 2. The van der Waals surface area contributed by atoms with Crippen molar-refractivity contribution in [1.29, 1.82) is 0 Å². The Labute approximate surface area is 188 Å². The summed E-state index contributed by atoms with van der Waals surface area (Å²) in [5, 5.41) is 0. The number of hydrogen-bond donors (Lipinski definition) is 0. The lowest BCUT2D eigenvalue weighted by Crippen LogP contribution is -2.59. The molecule has 1 aromatic heterocycles. The molecule has 2 bridgehead atoms. The molecule has 6 rings (SSSR count). The van der Waals surface area contributed by atoms with Crippen molar-refractivity contribution >= 4 is 23.5 Å². The summed E-state index contributed by atoms with van der Waals surface area (Å²) in [5.74, 6) is -0.745. The first-order chi connectivity index (χ1) is 15.5. The number of imide groups is 1. The number of piperazine rings is 1. The van der Waals surface area contributed by atoms with Gasteiger partial charge in [-0.15, -0.1) is 0 Å². The zero-order chi connectivity index (χ0) is 22.3. The van der Waals surface area contributed by atoms with Crippen molar-refractivity contribution in [1.82, 2.24) is 19.8 Å². The lowest BCUT2D eigenvalue weighted by Gasteiger charge is -2.50. The number of carbonyl (C=O) groups is 3. The largest absolute Gasteiger partial charge is 0.374 e. The van der Waals surface area contributed by atoms with Gasteiger partial charge in [-0.3, -0.25) is 24.2 Å². The summed E-state index contributed by atoms with van der Waals surface area (Å²) in [5.41, 5.74) is -0.775. The second kappa shape index (κ2) is 8.51. The van der Waals surface area contributed by atoms with Gasteiger partial charge in [-0.1, -0.05) is 0 Å². The Hall–Kier alpha value is -2.39. The van der Waals surface area contributed by atoms with E-state index in [0.29, 0.717) is 26.0 Å². The van der Waals surface area contributed by atoms with Crippen molar-refractivity contribution in [2.24, 2.45) is 17.8 Å². The molecule has 9 heteroatoms. The average Bonchev–Trinajstić information content (AvgIpc) is 3.07. The van der Waals surface area contributed by atoms with Gasteiger partial charge in [-0.25, -0.2) is 9.97 Å². The van der Waals surface area contributed by atoms with Crippen molar-refractivity contribution in [3.8, 4) is 0 Å². The summed E-state index contributed by atoms with van der Waals surface area (Å²) in [4.78, 5) is 53.7. The van der Waals surface area contributed by atoms with E-state index in [1.165, 1.54) is 4.90 Å². The Kier molecular flexibility index (Phi) is 5.71. The highest BCUT2D eigenvalue weighted by atomic mass is 16.5. The summed E-state index contributed by atoms with van der Waals surface area (Å²) in [6.07, 6.45) is 5.87. The molecule has 3 aliphatic carbocycles.